The molecule has 6 nitrogen and oxygen atoms in total. The Bertz CT molecular complexity index is 742. The first-order valence-corrected chi connectivity index (χ1v) is 7.71. The van der Waals surface area contributed by atoms with Gasteiger partial charge in [0.15, 0.2) is 0 Å². The second-order valence-electron chi connectivity index (χ2n) is 5.27. The van der Waals surface area contributed by atoms with Crippen LogP contribution in [-0.4, -0.2) is 22.5 Å². The fraction of sp³-hybridized carbons (Fsp3) is 0.222. The van der Waals surface area contributed by atoms with Crippen LogP contribution in [-0.2, 0) is 11.2 Å². The smallest absolute Gasteiger partial charge is 0.272 e. The number of carbonyl (C=O) groups is 2. The lowest BCUT2D eigenvalue weighted by Crippen LogP contribution is -2.21. The predicted molar refractivity (Wildman–Crippen MR) is 93.9 cm³/mol. The van der Waals surface area contributed by atoms with Crippen LogP contribution < -0.4 is 10.7 Å². The Labute approximate surface area is 141 Å². The molecule has 0 saturated heterocycles. The summed E-state index contributed by atoms with van der Waals surface area (Å²) in [5.41, 5.74) is 5.22. The second-order valence-corrected chi connectivity index (χ2v) is 5.27. The van der Waals surface area contributed by atoms with Crippen LogP contribution in [0.5, 0.6) is 0 Å². The second kappa shape index (κ2) is 8.57. The highest BCUT2D eigenvalue weighted by Gasteiger charge is 2.08. The molecule has 2 amide bonds. The number of hydrogen-bond donors (Lipinski definition) is 2. The summed E-state index contributed by atoms with van der Waals surface area (Å²) in [4.78, 5) is 27.8. The fourth-order valence-electron chi connectivity index (χ4n) is 2.12. The zero-order valence-electron chi connectivity index (χ0n) is 13.7. The molecule has 0 atom stereocenters. The first kappa shape index (κ1) is 17.3. The number of amides is 2. The molecule has 24 heavy (non-hydrogen) atoms. The number of pyridine rings is 1. The van der Waals surface area contributed by atoms with Gasteiger partial charge in [-0.25, -0.2) is 5.43 Å². The summed E-state index contributed by atoms with van der Waals surface area (Å²) in [6.07, 6.45) is 3.98. The summed E-state index contributed by atoms with van der Waals surface area (Å²) in [6.45, 7) is 3.72. The Morgan fingerprint density at radius 3 is 2.67 bits per heavy atom. The summed E-state index contributed by atoms with van der Waals surface area (Å²) < 4.78 is 0. The maximum atomic E-state index is 12.1. The zero-order valence-corrected chi connectivity index (χ0v) is 13.7. The first-order chi connectivity index (χ1) is 11.6. The van der Waals surface area contributed by atoms with Crippen LogP contribution in [0.15, 0.2) is 53.9 Å². The van der Waals surface area contributed by atoms with Gasteiger partial charge >= 0.3 is 0 Å². The van der Waals surface area contributed by atoms with Crippen molar-refractivity contribution in [1.29, 1.82) is 0 Å². The molecule has 1 aromatic carbocycles. The topological polar surface area (TPSA) is 83.5 Å². The molecule has 0 saturated carbocycles. The lowest BCUT2D eigenvalue weighted by Gasteiger charge is -2.09. The monoisotopic (exact) mass is 324 g/mol. The molecule has 0 aliphatic carbocycles. The molecule has 0 bridgehead atoms. The molecule has 2 aromatic rings. The standard InChI is InChI=1S/C18H20N4O2/c1-3-14-7-4-5-9-16(14)20-17(23)11-13(2)21-22-18(24)15-8-6-10-19-12-15/h4-10,12H,3,11H2,1-2H3,(H,20,23)(H,22,24)/b21-13-. The molecule has 0 aliphatic rings. The highest BCUT2D eigenvalue weighted by Crippen LogP contribution is 2.15. The van der Waals surface area contributed by atoms with Gasteiger partial charge in [0.1, 0.15) is 0 Å². The van der Waals surface area contributed by atoms with Gasteiger partial charge in [0.05, 0.1) is 12.0 Å². The third kappa shape index (κ3) is 5.01. The minimum absolute atomic E-state index is 0.103. The molecule has 2 rings (SSSR count). The number of carbonyl (C=O) groups excluding carboxylic acids is 2. The van der Waals surface area contributed by atoms with Crippen molar-refractivity contribution in [1.82, 2.24) is 10.4 Å². The van der Waals surface area contributed by atoms with Crippen LogP contribution in [0, 0.1) is 0 Å². The van der Waals surface area contributed by atoms with E-state index in [0.717, 1.165) is 17.7 Å². The molecular weight excluding hydrogens is 304 g/mol. The van der Waals surface area contributed by atoms with Crippen molar-refractivity contribution in [3.63, 3.8) is 0 Å². The van der Waals surface area contributed by atoms with E-state index in [1.807, 2.05) is 31.2 Å². The number of rotatable bonds is 6. The van der Waals surface area contributed by atoms with Crippen molar-refractivity contribution in [2.45, 2.75) is 26.7 Å². The maximum absolute atomic E-state index is 12.1. The number of aryl methyl sites for hydroxylation is 1. The van der Waals surface area contributed by atoms with Crippen molar-refractivity contribution in [2.75, 3.05) is 5.32 Å². The first-order valence-electron chi connectivity index (χ1n) is 7.71. The molecule has 124 valence electrons. The Kier molecular flexibility index (Phi) is 6.19. The molecule has 1 heterocycles. The fourth-order valence-corrected chi connectivity index (χ4v) is 2.12. The average molecular weight is 324 g/mol. The Balaban J connectivity index is 1.90. The predicted octanol–water partition coefficient (Wildman–Crippen LogP) is 2.78. The summed E-state index contributed by atoms with van der Waals surface area (Å²) >= 11 is 0. The van der Waals surface area contributed by atoms with Crippen LogP contribution in [0.1, 0.15) is 36.2 Å². The summed E-state index contributed by atoms with van der Waals surface area (Å²) in [7, 11) is 0. The lowest BCUT2D eigenvalue weighted by molar-refractivity contribution is -0.115. The average Bonchev–Trinajstić information content (AvgIpc) is 2.60. The normalized spacial score (nSPS) is 11.0. The number of aromatic nitrogens is 1. The van der Waals surface area contributed by atoms with Gasteiger partial charge in [-0.2, -0.15) is 5.10 Å². The van der Waals surface area contributed by atoms with Gasteiger partial charge in [0.2, 0.25) is 5.91 Å². The van der Waals surface area contributed by atoms with Crippen molar-refractivity contribution in [3.05, 3.63) is 59.9 Å². The van der Waals surface area contributed by atoms with E-state index in [1.165, 1.54) is 6.20 Å². The van der Waals surface area contributed by atoms with E-state index < -0.39 is 0 Å². The molecule has 0 spiro atoms. The van der Waals surface area contributed by atoms with Gasteiger partial charge in [-0.1, -0.05) is 25.1 Å². The number of benzene rings is 1. The van der Waals surface area contributed by atoms with Gasteiger partial charge in [-0.05, 0) is 37.1 Å². The molecule has 2 N–H and O–H groups in total. The van der Waals surface area contributed by atoms with Gasteiger partial charge in [-0.3, -0.25) is 14.6 Å². The molecular formula is C18H20N4O2. The molecule has 6 heteroatoms. The quantitative estimate of drug-likeness (QED) is 0.633. The van der Waals surface area contributed by atoms with Crippen LogP contribution in [0.2, 0.25) is 0 Å². The molecule has 0 fully saturated rings. The van der Waals surface area contributed by atoms with Crippen LogP contribution in [0.4, 0.5) is 5.69 Å². The molecule has 1 aromatic heterocycles. The number of hydrazone groups is 1. The third-order valence-corrected chi connectivity index (χ3v) is 3.36. The van der Waals surface area contributed by atoms with Crippen molar-refractivity contribution in [3.8, 4) is 0 Å². The van der Waals surface area contributed by atoms with E-state index in [4.69, 9.17) is 0 Å². The zero-order chi connectivity index (χ0) is 17.4. The van der Waals surface area contributed by atoms with Crippen molar-refractivity contribution < 1.29 is 9.59 Å². The molecule has 0 unspecified atom stereocenters. The third-order valence-electron chi connectivity index (χ3n) is 3.36. The van der Waals surface area contributed by atoms with Gasteiger partial charge in [0.25, 0.3) is 5.91 Å². The number of hydrogen-bond acceptors (Lipinski definition) is 4. The van der Waals surface area contributed by atoms with E-state index in [9.17, 15) is 9.59 Å². The van der Waals surface area contributed by atoms with E-state index in [1.54, 1.807) is 25.3 Å². The van der Waals surface area contributed by atoms with Gasteiger partial charge in [0, 0.05) is 23.8 Å². The van der Waals surface area contributed by atoms with Crippen LogP contribution >= 0.6 is 0 Å². The number of para-hydroxylation sites is 1. The number of nitrogens with one attached hydrogen (secondary N) is 2. The highest BCUT2D eigenvalue weighted by molar-refractivity contribution is 6.06. The number of nitrogens with zero attached hydrogens (tertiary/aromatic N) is 2. The maximum Gasteiger partial charge on any atom is 0.272 e. The van der Waals surface area contributed by atoms with E-state index in [-0.39, 0.29) is 18.2 Å². The molecule has 0 radical (unpaired) electrons. The van der Waals surface area contributed by atoms with Gasteiger partial charge in [-0.15, -0.1) is 0 Å². The summed E-state index contributed by atoms with van der Waals surface area (Å²) in [5, 5.41) is 6.82. The summed E-state index contributed by atoms with van der Waals surface area (Å²) in [6, 6.07) is 11.0. The van der Waals surface area contributed by atoms with Crippen LogP contribution in [0.3, 0.4) is 0 Å². The minimum Gasteiger partial charge on any atom is -0.326 e. The lowest BCUT2D eigenvalue weighted by atomic mass is 10.1. The summed E-state index contributed by atoms with van der Waals surface area (Å²) in [5.74, 6) is -0.535. The highest BCUT2D eigenvalue weighted by atomic mass is 16.2. The largest absolute Gasteiger partial charge is 0.326 e. The van der Waals surface area contributed by atoms with Crippen LogP contribution in [0.25, 0.3) is 0 Å². The van der Waals surface area contributed by atoms with E-state index in [0.29, 0.717) is 11.3 Å². The molecule has 0 aliphatic heterocycles. The van der Waals surface area contributed by atoms with E-state index in [2.05, 4.69) is 20.8 Å². The Hall–Kier alpha value is -3.02. The Morgan fingerprint density at radius 1 is 1.17 bits per heavy atom. The van der Waals surface area contributed by atoms with Crippen molar-refractivity contribution in [2.24, 2.45) is 5.10 Å². The number of anilines is 1. The SMILES string of the molecule is CCc1ccccc1NC(=O)C/C(C)=N\NC(=O)c1cccnc1. The minimum atomic E-state index is -0.362. The van der Waals surface area contributed by atoms with Crippen molar-refractivity contribution >= 4 is 23.2 Å². The Morgan fingerprint density at radius 2 is 1.96 bits per heavy atom. The van der Waals surface area contributed by atoms with Gasteiger partial charge < -0.3 is 5.32 Å². The van der Waals surface area contributed by atoms with E-state index >= 15 is 0 Å².